The van der Waals surface area contributed by atoms with E-state index < -0.39 is 0 Å². The van der Waals surface area contributed by atoms with Crippen LogP contribution in [0.25, 0.3) is 0 Å². The zero-order valence-electron chi connectivity index (χ0n) is 12.2. The molecule has 0 aliphatic rings. The van der Waals surface area contributed by atoms with Crippen LogP contribution in [0.5, 0.6) is 5.75 Å². The van der Waals surface area contributed by atoms with Gasteiger partial charge in [0, 0.05) is 10.6 Å². The van der Waals surface area contributed by atoms with Crippen molar-refractivity contribution < 1.29 is 4.74 Å². The van der Waals surface area contributed by atoms with E-state index in [0.717, 1.165) is 24.0 Å². The molecule has 0 radical (unpaired) electrons. The molecule has 3 rings (SSSR count). The molecule has 1 aromatic heterocycles. The molecule has 0 aliphatic heterocycles. The zero-order chi connectivity index (χ0) is 16.9. The summed E-state index contributed by atoms with van der Waals surface area (Å²) in [5, 5.41) is 12.4. The summed E-state index contributed by atoms with van der Waals surface area (Å²) in [7, 11) is 0. The summed E-state index contributed by atoms with van der Waals surface area (Å²) in [6.07, 6.45) is 4.83. The second kappa shape index (κ2) is 8.26. The fraction of sp³-hybridized carbons (Fsp3) is 0.0625. The molecule has 0 N–H and O–H groups in total. The molecule has 0 saturated heterocycles. The van der Waals surface area contributed by atoms with Crippen LogP contribution in [0.4, 0.5) is 0 Å². The van der Waals surface area contributed by atoms with Crippen LogP contribution < -0.4 is 4.74 Å². The molecule has 0 bridgehead atoms. The number of benzene rings is 2. The van der Waals surface area contributed by atoms with Crippen LogP contribution in [-0.2, 0) is 6.61 Å². The summed E-state index contributed by atoms with van der Waals surface area (Å²) < 4.78 is 9.54. The fourth-order valence-electron chi connectivity index (χ4n) is 1.95. The molecule has 0 fully saturated rings. The van der Waals surface area contributed by atoms with Crippen LogP contribution in [0.2, 0.25) is 5.02 Å². The van der Waals surface area contributed by atoms with Gasteiger partial charge in [-0.2, -0.15) is 5.10 Å². The van der Waals surface area contributed by atoms with Crippen molar-refractivity contribution in [3.63, 3.8) is 0 Å². The third-order valence-electron chi connectivity index (χ3n) is 3.10. The minimum Gasteiger partial charge on any atom is -0.487 e. The van der Waals surface area contributed by atoms with Gasteiger partial charge in [-0.3, -0.25) is 0 Å². The third kappa shape index (κ3) is 4.45. The molecule has 0 atom stereocenters. The van der Waals surface area contributed by atoms with E-state index in [1.165, 1.54) is 12.7 Å². The molecule has 3 aromatic rings. The Hall–Kier alpha value is -1.20. The maximum atomic E-state index is 6.17. The van der Waals surface area contributed by atoms with Crippen molar-refractivity contribution in [3.05, 3.63) is 72.3 Å². The summed E-state index contributed by atoms with van der Waals surface area (Å²) >= 11 is 10.7. The number of hydrogen-bond donors (Lipinski definition) is 0. The van der Waals surface area contributed by atoms with Crippen LogP contribution in [-0.4, -0.2) is 21.1 Å². The Balaban J connectivity index is 1.76. The van der Waals surface area contributed by atoms with Crippen LogP contribution in [0.15, 0.2) is 54.2 Å². The molecule has 0 amide bonds. The average Bonchev–Trinajstić information content (AvgIpc) is 3.07. The van der Waals surface area contributed by atoms with Gasteiger partial charge in [-0.1, -0.05) is 29.8 Å². The van der Waals surface area contributed by atoms with Crippen molar-refractivity contribution >= 4 is 63.0 Å². The molecule has 122 valence electrons. The second-order valence-corrected chi connectivity index (χ2v) is 7.51. The topological polar surface area (TPSA) is 52.3 Å². The fourth-order valence-corrected chi connectivity index (χ4v) is 4.26. The number of nitrogens with zero attached hydrogens (tertiary/aromatic N) is 4. The van der Waals surface area contributed by atoms with Crippen molar-refractivity contribution in [2.24, 2.45) is 5.10 Å². The van der Waals surface area contributed by atoms with Crippen molar-refractivity contribution in [3.8, 4) is 5.75 Å². The van der Waals surface area contributed by atoms with Gasteiger partial charge in [-0.15, -0.1) is 10.2 Å². The van der Waals surface area contributed by atoms with Crippen molar-refractivity contribution in [1.82, 2.24) is 14.9 Å². The van der Waals surface area contributed by atoms with E-state index in [1.54, 1.807) is 10.9 Å². The maximum Gasteiger partial charge on any atom is 0.146 e. The predicted octanol–water partition coefficient (Wildman–Crippen LogP) is 4.60. The van der Waals surface area contributed by atoms with E-state index in [9.17, 15) is 0 Å². The van der Waals surface area contributed by atoms with Crippen molar-refractivity contribution in [2.75, 3.05) is 0 Å². The smallest absolute Gasteiger partial charge is 0.146 e. The summed E-state index contributed by atoms with van der Waals surface area (Å²) in [6.45, 7) is 0.430. The molecule has 8 heteroatoms. The highest BCUT2D eigenvalue weighted by molar-refractivity contribution is 14.1. The molecule has 1 heterocycles. The van der Waals surface area contributed by atoms with E-state index >= 15 is 0 Å². The van der Waals surface area contributed by atoms with Gasteiger partial charge in [0.1, 0.15) is 25.0 Å². The third-order valence-corrected chi connectivity index (χ3v) is 5.07. The molecule has 2 aromatic carbocycles. The van der Waals surface area contributed by atoms with E-state index in [-0.39, 0.29) is 0 Å². The molecule has 0 unspecified atom stereocenters. The maximum absolute atomic E-state index is 6.17. The normalized spacial score (nSPS) is 11.1. The Morgan fingerprint density at radius 1 is 1.12 bits per heavy atom. The molecule has 0 aliphatic carbocycles. The lowest BCUT2D eigenvalue weighted by Crippen LogP contribution is -2.01. The number of aromatic nitrogens is 3. The van der Waals surface area contributed by atoms with Crippen LogP contribution >= 0.6 is 56.8 Å². The molecular weight excluding hydrogens is 553 g/mol. The van der Waals surface area contributed by atoms with Gasteiger partial charge < -0.3 is 4.74 Å². The van der Waals surface area contributed by atoms with Crippen molar-refractivity contribution in [1.29, 1.82) is 0 Å². The van der Waals surface area contributed by atoms with Crippen molar-refractivity contribution in [2.45, 2.75) is 6.61 Å². The summed E-state index contributed by atoms with van der Waals surface area (Å²) in [6, 6.07) is 11.7. The van der Waals surface area contributed by atoms with E-state index in [2.05, 4.69) is 60.5 Å². The lowest BCUT2D eigenvalue weighted by Gasteiger charge is -2.12. The minimum absolute atomic E-state index is 0.430. The first kappa shape index (κ1) is 17.6. The largest absolute Gasteiger partial charge is 0.487 e. The van der Waals surface area contributed by atoms with Gasteiger partial charge in [0.15, 0.2) is 0 Å². The monoisotopic (exact) mass is 564 g/mol. The van der Waals surface area contributed by atoms with Gasteiger partial charge in [-0.25, -0.2) is 4.68 Å². The molecular formula is C16H11ClI2N4O. The molecule has 24 heavy (non-hydrogen) atoms. The zero-order valence-corrected chi connectivity index (χ0v) is 17.3. The highest BCUT2D eigenvalue weighted by atomic mass is 127. The molecule has 5 nitrogen and oxygen atoms in total. The van der Waals surface area contributed by atoms with E-state index in [0.29, 0.717) is 11.6 Å². The van der Waals surface area contributed by atoms with Crippen LogP contribution in [0, 0.1) is 7.14 Å². The number of ether oxygens (including phenoxy) is 1. The second-order valence-electron chi connectivity index (χ2n) is 4.78. The highest BCUT2D eigenvalue weighted by Crippen LogP contribution is 2.30. The summed E-state index contributed by atoms with van der Waals surface area (Å²) in [4.78, 5) is 0. The first-order valence-corrected chi connectivity index (χ1v) is 9.41. The lowest BCUT2D eigenvalue weighted by atomic mass is 10.2. The molecule has 0 saturated carbocycles. The first-order chi connectivity index (χ1) is 11.6. The standard InChI is InChI=1S/C16H11ClI2N4O/c17-13-4-2-1-3-12(13)8-24-16-14(18)5-11(6-15(16)19)7-22-23-9-20-21-10-23/h1-7,9-10H,8H2/b22-7-. The molecule has 0 spiro atoms. The number of hydrogen-bond acceptors (Lipinski definition) is 4. The number of halogens is 3. The Bertz CT molecular complexity index is 845. The van der Waals surface area contributed by atoms with Crippen LogP contribution in [0.1, 0.15) is 11.1 Å². The summed E-state index contributed by atoms with van der Waals surface area (Å²) in [5.74, 6) is 0.845. The Kier molecular flexibility index (Phi) is 6.06. The minimum atomic E-state index is 0.430. The first-order valence-electron chi connectivity index (χ1n) is 6.88. The van der Waals surface area contributed by atoms with Gasteiger partial charge in [0.05, 0.1) is 13.4 Å². The quantitative estimate of drug-likeness (QED) is 0.336. The Labute approximate surface area is 171 Å². The Morgan fingerprint density at radius 3 is 2.46 bits per heavy atom. The van der Waals surface area contributed by atoms with Gasteiger partial charge in [0.25, 0.3) is 0 Å². The summed E-state index contributed by atoms with van der Waals surface area (Å²) in [5.41, 5.74) is 1.94. The van der Waals surface area contributed by atoms with Crippen LogP contribution in [0.3, 0.4) is 0 Å². The number of rotatable bonds is 5. The SMILES string of the molecule is Clc1ccccc1COc1c(I)cc(/C=N\n2cnnc2)cc1I. The predicted molar refractivity (Wildman–Crippen MR) is 111 cm³/mol. The van der Waals surface area contributed by atoms with E-state index in [4.69, 9.17) is 16.3 Å². The Morgan fingerprint density at radius 2 is 1.79 bits per heavy atom. The van der Waals surface area contributed by atoms with Gasteiger partial charge >= 0.3 is 0 Å². The highest BCUT2D eigenvalue weighted by Gasteiger charge is 2.09. The average molecular weight is 565 g/mol. The van der Waals surface area contributed by atoms with Gasteiger partial charge in [0.2, 0.25) is 0 Å². The lowest BCUT2D eigenvalue weighted by molar-refractivity contribution is 0.302. The van der Waals surface area contributed by atoms with Gasteiger partial charge in [-0.05, 0) is 68.9 Å². The van der Waals surface area contributed by atoms with E-state index in [1.807, 2.05) is 36.4 Å².